The molecule has 1 fully saturated rings. The number of fused-ring (bicyclic) bond motifs is 1. The first-order valence-electron chi connectivity index (χ1n) is 6.96. The predicted molar refractivity (Wildman–Crippen MR) is 83.3 cm³/mol. The lowest BCUT2D eigenvalue weighted by atomic mass is 9.79. The van der Waals surface area contributed by atoms with Gasteiger partial charge in [-0.05, 0) is 61.5 Å². The highest BCUT2D eigenvalue weighted by Crippen LogP contribution is 2.38. The molecule has 3 rings (SSSR count). The van der Waals surface area contributed by atoms with Crippen LogP contribution in [0.15, 0.2) is 18.2 Å². The molecule has 0 spiro atoms. The number of aromatic nitrogens is 2. The van der Waals surface area contributed by atoms with E-state index in [2.05, 4.69) is 23.4 Å². The second-order valence-corrected chi connectivity index (χ2v) is 6.71. The molecule has 0 radical (unpaired) electrons. The standard InChI is InChI=1S/C15H19ClN2S/c1-9-3-5-12(7-10(9)2)18-14-8-11(16)4-6-13(14)17-15(18)19/h4,6,8-10,12H,3,5,7H2,1-2H3,(H,17,19). The van der Waals surface area contributed by atoms with E-state index in [1.807, 2.05) is 18.2 Å². The highest BCUT2D eigenvalue weighted by Gasteiger charge is 2.27. The van der Waals surface area contributed by atoms with E-state index in [9.17, 15) is 0 Å². The van der Waals surface area contributed by atoms with E-state index in [0.29, 0.717) is 6.04 Å². The maximum Gasteiger partial charge on any atom is 0.178 e. The summed E-state index contributed by atoms with van der Waals surface area (Å²) in [6, 6.07) is 6.45. The molecule has 1 aliphatic rings. The van der Waals surface area contributed by atoms with E-state index in [0.717, 1.165) is 32.7 Å². The molecule has 1 saturated carbocycles. The summed E-state index contributed by atoms with van der Waals surface area (Å²) < 4.78 is 3.10. The number of hydrogen-bond acceptors (Lipinski definition) is 1. The summed E-state index contributed by atoms with van der Waals surface area (Å²) in [6.07, 6.45) is 3.69. The van der Waals surface area contributed by atoms with E-state index < -0.39 is 0 Å². The van der Waals surface area contributed by atoms with Crippen LogP contribution >= 0.6 is 23.8 Å². The highest BCUT2D eigenvalue weighted by molar-refractivity contribution is 7.71. The normalized spacial score (nSPS) is 27.8. The number of hydrogen-bond donors (Lipinski definition) is 1. The van der Waals surface area contributed by atoms with Crippen LogP contribution in [0.3, 0.4) is 0 Å². The molecule has 1 N–H and O–H groups in total. The number of benzene rings is 1. The quantitative estimate of drug-likeness (QED) is 0.703. The fourth-order valence-electron chi connectivity index (χ4n) is 3.21. The Hall–Kier alpha value is -0.800. The average molecular weight is 295 g/mol. The number of nitrogens with one attached hydrogen (secondary N) is 1. The Kier molecular flexibility index (Phi) is 3.44. The molecule has 4 heteroatoms. The zero-order valence-corrected chi connectivity index (χ0v) is 12.9. The Balaban J connectivity index is 2.07. The number of H-pyrrole nitrogens is 1. The van der Waals surface area contributed by atoms with Gasteiger partial charge in [0.1, 0.15) is 0 Å². The van der Waals surface area contributed by atoms with Gasteiger partial charge in [0.25, 0.3) is 0 Å². The largest absolute Gasteiger partial charge is 0.331 e. The molecule has 102 valence electrons. The highest BCUT2D eigenvalue weighted by atomic mass is 35.5. The minimum absolute atomic E-state index is 0.505. The third-order valence-corrected chi connectivity index (χ3v) is 5.15. The van der Waals surface area contributed by atoms with Crippen LogP contribution < -0.4 is 0 Å². The van der Waals surface area contributed by atoms with Crippen molar-refractivity contribution in [1.29, 1.82) is 0 Å². The fourth-order valence-corrected chi connectivity index (χ4v) is 3.73. The molecule has 0 aliphatic heterocycles. The van der Waals surface area contributed by atoms with E-state index >= 15 is 0 Å². The van der Waals surface area contributed by atoms with E-state index in [1.54, 1.807) is 0 Å². The number of nitrogens with zero attached hydrogens (tertiary/aromatic N) is 1. The van der Waals surface area contributed by atoms with Gasteiger partial charge in [0, 0.05) is 11.1 Å². The molecule has 1 aromatic carbocycles. The molecule has 2 nitrogen and oxygen atoms in total. The van der Waals surface area contributed by atoms with E-state index in [-0.39, 0.29) is 0 Å². The molecule has 3 unspecified atom stereocenters. The van der Waals surface area contributed by atoms with Crippen LogP contribution in [-0.4, -0.2) is 9.55 Å². The second-order valence-electron chi connectivity index (χ2n) is 5.88. The van der Waals surface area contributed by atoms with Gasteiger partial charge in [-0.15, -0.1) is 0 Å². The Morgan fingerprint density at radius 3 is 2.79 bits per heavy atom. The molecule has 3 atom stereocenters. The summed E-state index contributed by atoms with van der Waals surface area (Å²) >= 11 is 11.6. The van der Waals surface area contributed by atoms with Crippen molar-refractivity contribution < 1.29 is 0 Å². The first-order chi connectivity index (χ1) is 9.06. The molecule has 1 heterocycles. The van der Waals surface area contributed by atoms with Gasteiger partial charge in [-0.25, -0.2) is 0 Å². The van der Waals surface area contributed by atoms with Crippen LogP contribution in [0.2, 0.25) is 5.02 Å². The van der Waals surface area contributed by atoms with Crippen LogP contribution in [0.5, 0.6) is 0 Å². The summed E-state index contributed by atoms with van der Waals surface area (Å²) in [5.74, 6) is 1.57. The molecule has 0 bridgehead atoms. The van der Waals surface area contributed by atoms with E-state index in [1.165, 1.54) is 19.3 Å². The Labute approximate surface area is 123 Å². The lowest BCUT2D eigenvalue weighted by molar-refractivity contribution is 0.212. The van der Waals surface area contributed by atoms with Crippen LogP contribution in [0.1, 0.15) is 39.2 Å². The first kappa shape index (κ1) is 13.2. The molecule has 1 aliphatic carbocycles. The molecular weight excluding hydrogens is 276 g/mol. The van der Waals surface area contributed by atoms with Crippen LogP contribution in [0, 0.1) is 16.6 Å². The summed E-state index contributed by atoms with van der Waals surface area (Å²) in [7, 11) is 0. The van der Waals surface area contributed by atoms with Gasteiger partial charge in [0.15, 0.2) is 4.77 Å². The number of rotatable bonds is 1. The Morgan fingerprint density at radius 1 is 1.26 bits per heavy atom. The average Bonchev–Trinajstić information content (AvgIpc) is 2.68. The maximum atomic E-state index is 6.13. The van der Waals surface area contributed by atoms with E-state index in [4.69, 9.17) is 23.8 Å². The van der Waals surface area contributed by atoms with Gasteiger partial charge in [-0.3, -0.25) is 0 Å². The van der Waals surface area contributed by atoms with Gasteiger partial charge in [0.2, 0.25) is 0 Å². The summed E-state index contributed by atoms with van der Waals surface area (Å²) in [6.45, 7) is 4.70. The lowest BCUT2D eigenvalue weighted by Gasteiger charge is -2.33. The van der Waals surface area contributed by atoms with Gasteiger partial charge in [-0.2, -0.15) is 0 Å². The van der Waals surface area contributed by atoms with Crippen molar-refractivity contribution in [2.45, 2.75) is 39.2 Å². The summed E-state index contributed by atoms with van der Waals surface area (Å²) in [5, 5.41) is 0.771. The Bertz CT molecular complexity index is 658. The molecule has 2 aromatic rings. The van der Waals surface area contributed by atoms with Crippen molar-refractivity contribution in [2.24, 2.45) is 11.8 Å². The topological polar surface area (TPSA) is 20.7 Å². The number of aromatic amines is 1. The van der Waals surface area contributed by atoms with Crippen molar-refractivity contribution in [2.75, 3.05) is 0 Å². The van der Waals surface area contributed by atoms with Gasteiger partial charge < -0.3 is 9.55 Å². The predicted octanol–water partition coefficient (Wildman–Crippen LogP) is 5.35. The molecule has 19 heavy (non-hydrogen) atoms. The summed E-state index contributed by atoms with van der Waals surface area (Å²) in [4.78, 5) is 3.30. The monoisotopic (exact) mass is 294 g/mol. The van der Waals surface area contributed by atoms with Crippen molar-refractivity contribution in [1.82, 2.24) is 9.55 Å². The molecular formula is C15H19ClN2S. The zero-order valence-electron chi connectivity index (χ0n) is 11.3. The van der Waals surface area contributed by atoms with Crippen LogP contribution in [0.25, 0.3) is 11.0 Å². The SMILES string of the molecule is CC1CCC(n2c(=S)[nH]c3ccc(Cl)cc32)CC1C. The van der Waals surface area contributed by atoms with Gasteiger partial charge in [0.05, 0.1) is 11.0 Å². The second kappa shape index (κ2) is 4.95. The van der Waals surface area contributed by atoms with Crippen molar-refractivity contribution in [3.8, 4) is 0 Å². The van der Waals surface area contributed by atoms with Crippen molar-refractivity contribution in [3.05, 3.63) is 28.0 Å². The first-order valence-corrected chi connectivity index (χ1v) is 7.74. The van der Waals surface area contributed by atoms with Crippen molar-refractivity contribution >= 4 is 34.9 Å². The third kappa shape index (κ3) is 2.34. The maximum absolute atomic E-state index is 6.13. The fraction of sp³-hybridized carbons (Fsp3) is 0.533. The smallest absolute Gasteiger partial charge is 0.178 e. The lowest BCUT2D eigenvalue weighted by Crippen LogP contribution is -2.23. The molecule has 0 amide bonds. The van der Waals surface area contributed by atoms with Crippen molar-refractivity contribution in [3.63, 3.8) is 0 Å². The summed E-state index contributed by atoms with van der Waals surface area (Å²) in [5.41, 5.74) is 2.23. The minimum atomic E-state index is 0.505. The minimum Gasteiger partial charge on any atom is -0.331 e. The van der Waals surface area contributed by atoms with Crippen LogP contribution in [0.4, 0.5) is 0 Å². The zero-order chi connectivity index (χ0) is 13.6. The number of imidazole rings is 1. The molecule has 1 aromatic heterocycles. The number of halogens is 1. The third-order valence-electron chi connectivity index (χ3n) is 4.62. The van der Waals surface area contributed by atoms with Gasteiger partial charge in [-0.1, -0.05) is 25.4 Å². The van der Waals surface area contributed by atoms with Gasteiger partial charge >= 0.3 is 0 Å². The van der Waals surface area contributed by atoms with Crippen LogP contribution in [-0.2, 0) is 0 Å². The molecule has 0 saturated heterocycles. The Morgan fingerprint density at radius 2 is 2.05 bits per heavy atom.